The van der Waals surface area contributed by atoms with Crippen molar-refractivity contribution in [2.75, 3.05) is 24.3 Å². The third-order valence-electron chi connectivity index (χ3n) is 10.2. The van der Waals surface area contributed by atoms with Crippen molar-refractivity contribution in [2.24, 2.45) is 0 Å². The largest absolute Gasteiger partial charge is 0.504 e. The Hall–Kier alpha value is -4.47. The minimum atomic E-state index is -0.831. The molecule has 1 aliphatic heterocycles. The van der Waals surface area contributed by atoms with Crippen molar-refractivity contribution < 1.29 is 24.9 Å². The summed E-state index contributed by atoms with van der Waals surface area (Å²) in [6, 6.07) is 2.70. The molecule has 1 atom stereocenters. The van der Waals surface area contributed by atoms with Crippen molar-refractivity contribution in [3.05, 3.63) is 60.4 Å². The smallest absolute Gasteiger partial charge is 0.190 e. The van der Waals surface area contributed by atoms with Crippen LogP contribution >= 0.6 is 0 Å². The first-order chi connectivity index (χ1) is 21.1. The highest BCUT2D eigenvalue weighted by atomic mass is 16.5. The van der Waals surface area contributed by atoms with Gasteiger partial charge in [0.2, 0.25) is 0 Å². The Morgan fingerprint density at radius 1 is 0.909 bits per heavy atom. The maximum absolute atomic E-state index is 14.0. The molecule has 9 heteroatoms. The van der Waals surface area contributed by atoms with E-state index in [0.717, 1.165) is 24.1 Å². The van der Waals surface area contributed by atoms with Crippen LogP contribution in [0.3, 0.4) is 0 Å². The third-order valence-corrected chi connectivity index (χ3v) is 10.2. The molecule has 0 bridgehead atoms. The number of aliphatic hydroxyl groups is 2. The molecule has 226 valence electrons. The predicted octanol–water partition coefficient (Wildman–Crippen LogP) is 5.08. The second-order valence-corrected chi connectivity index (χ2v) is 12.2. The number of ether oxygens (including phenoxy) is 1. The van der Waals surface area contributed by atoms with Crippen molar-refractivity contribution in [3.8, 4) is 11.5 Å². The van der Waals surface area contributed by atoms with Gasteiger partial charge in [0, 0.05) is 33.8 Å². The zero-order valence-corrected chi connectivity index (χ0v) is 25.3. The highest BCUT2D eigenvalue weighted by Gasteiger charge is 2.39. The number of methoxy groups -OCH3 is 1. The first kappa shape index (κ1) is 28.3. The van der Waals surface area contributed by atoms with Gasteiger partial charge in [-0.25, -0.2) is 0 Å². The Kier molecular flexibility index (Phi) is 6.12. The van der Waals surface area contributed by atoms with E-state index in [1.807, 2.05) is 13.0 Å². The maximum Gasteiger partial charge on any atom is 0.190 e. The van der Waals surface area contributed by atoms with Crippen LogP contribution in [0.5, 0.6) is 11.5 Å². The molecule has 0 saturated heterocycles. The Balaban J connectivity index is 1.95. The third kappa shape index (κ3) is 3.34. The number of allylic oxidation sites excluding steroid dienone is 1. The molecule has 5 N–H and O–H groups in total. The van der Waals surface area contributed by atoms with Crippen molar-refractivity contribution >= 4 is 66.3 Å². The number of ketones is 1. The summed E-state index contributed by atoms with van der Waals surface area (Å²) in [4.78, 5) is 41.2. The molecule has 0 spiro atoms. The molecule has 9 nitrogen and oxygen atoms in total. The van der Waals surface area contributed by atoms with E-state index in [0.29, 0.717) is 72.2 Å². The fraction of sp³-hybridized carbons (Fsp3) is 0.343. The molecular weight excluding hydrogens is 560 g/mol. The number of nitrogens with one attached hydrogen (secondary N) is 2. The standard InChI is InChI=1S/C35H34N2O7/c1-6-35(7-2)13-36-32-25-19(41)9-16(11-38)22-23-17(12-39)10-20(42)26-28(23)29-24(27(22)25)18(31(32)37-35)8-14(3)21(15(4)40)30(29)34(44-5)33(26)43/h8-10,21,36-39,43H,6-7,11-13H2,1-5H3. The van der Waals surface area contributed by atoms with Gasteiger partial charge in [0.1, 0.15) is 5.78 Å². The van der Waals surface area contributed by atoms with Gasteiger partial charge >= 0.3 is 0 Å². The van der Waals surface area contributed by atoms with Gasteiger partial charge in [0.15, 0.2) is 22.4 Å². The number of phenols is 1. The summed E-state index contributed by atoms with van der Waals surface area (Å²) in [5.74, 6) is -1.39. The quantitative estimate of drug-likeness (QED) is 0.134. The van der Waals surface area contributed by atoms with Gasteiger partial charge in [-0.1, -0.05) is 25.5 Å². The van der Waals surface area contributed by atoms with E-state index in [2.05, 4.69) is 24.5 Å². The fourth-order valence-electron chi connectivity index (χ4n) is 7.99. The Bertz CT molecular complexity index is 2230. The lowest BCUT2D eigenvalue weighted by Gasteiger charge is -2.41. The molecule has 0 radical (unpaired) electrons. The van der Waals surface area contributed by atoms with Crippen LogP contribution < -0.4 is 26.2 Å². The van der Waals surface area contributed by atoms with E-state index < -0.39 is 24.6 Å². The Morgan fingerprint density at radius 3 is 2.05 bits per heavy atom. The molecule has 7 rings (SSSR count). The van der Waals surface area contributed by atoms with Gasteiger partial charge in [0.05, 0.1) is 53.9 Å². The Morgan fingerprint density at radius 2 is 1.50 bits per heavy atom. The highest BCUT2D eigenvalue weighted by Crippen LogP contribution is 2.57. The number of phenolic OH excluding ortho intramolecular Hbond substituents is 1. The molecule has 5 aromatic rings. The molecule has 44 heavy (non-hydrogen) atoms. The molecule has 5 aromatic carbocycles. The number of fused-ring (bicyclic) bond motifs is 4. The minimum absolute atomic E-state index is 0.00485. The normalized spacial score (nSPS) is 17.2. The van der Waals surface area contributed by atoms with E-state index in [4.69, 9.17) is 4.74 Å². The first-order valence-electron chi connectivity index (χ1n) is 15.0. The van der Waals surface area contributed by atoms with Crippen molar-refractivity contribution in [1.29, 1.82) is 0 Å². The van der Waals surface area contributed by atoms with Gasteiger partial charge in [0.25, 0.3) is 0 Å². The molecular formula is C35H34N2O7. The monoisotopic (exact) mass is 594 g/mol. The Labute approximate surface area is 252 Å². The molecule has 2 aliphatic rings. The zero-order chi connectivity index (χ0) is 31.4. The average molecular weight is 595 g/mol. The number of aliphatic hydroxyl groups excluding tert-OH is 2. The maximum atomic E-state index is 14.0. The molecule has 0 aromatic heterocycles. The van der Waals surface area contributed by atoms with Crippen LogP contribution in [0.2, 0.25) is 0 Å². The van der Waals surface area contributed by atoms with Crippen LogP contribution in [0.4, 0.5) is 11.4 Å². The van der Waals surface area contributed by atoms with Gasteiger partial charge in [-0.05, 0) is 66.1 Å². The summed E-state index contributed by atoms with van der Waals surface area (Å²) in [6.45, 7) is 7.18. The minimum Gasteiger partial charge on any atom is -0.504 e. The van der Waals surface area contributed by atoms with E-state index in [1.165, 1.54) is 26.2 Å². The van der Waals surface area contributed by atoms with Crippen molar-refractivity contribution in [3.63, 3.8) is 0 Å². The number of hydrogen-bond donors (Lipinski definition) is 5. The summed E-state index contributed by atoms with van der Waals surface area (Å²) in [6.07, 6.45) is 3.58. The van der Waals surface area contributed by atoms with E-state index in [9.17, 15) is 29.7 Å². The van der Waals surface area contributed by atoms with Crippen LogP contribution in [0.1, 0.15) is 68.7 Å². The number of rotatable bonds is 6. The summed E-state index contributed by atoms with van der Waals surface area (Å²) >= 11 is 0. The van der Waals surface area contributed by atoms with Crippen LogP contribution in [0, 0.1) is 0 Å². The summed E-state index contributed by atoms with van der Waals surface area (Å²) in [7, 11) is 1.39. The van der Waals surface area contributed by atoms with Crippen LogP contribution in [-0.4, -0.2) is 40.3 Å². The first-order valence-corrected chi connectivity index (χ1v) is 15.0. The van der Waals surface area contributed by atoms with Crippen molar-refractivity contribution in [2.45, 2.75) is 65.2 Å². The number of carbonyl (C=O) groups excluding carboxylic acids is 1. The molecule has 1 heterocycles. The number of Topliss-reactive ketones (excluding diaryl/α,β-unsaturated/α-hetero) is 1. The summed E-state index contributed by atoms with van der Waals surface area (Å²) < 4.78 is 5.79. The second-order valence-electron chi connectivity index (χ2n) is 12.2. The highest BCUT2D eigenvalue weighted by molar-refractivity contribution is 6.40. The van der Waals surface area contributed by atoms with E-state index >= 15 is 0 Å². The average Bonchev–Trinajstić information content (AvgIpc) is 3.15. The lowest BCUT2D eigenvalue weighted by molar-refractivity contribution is -0.117. The summed E-state index contributed by atoms with van der Waals surface area (Å²) in [5, 5.41) is 43.7. The predicted molar refractivity (Wildman–Crippen MR) is 174 cm³/mol. The van der Waals surface area contributed by atoms with Crippen molar-refractivity contribution in [1.82, 2.24) is 0 Å². The van der Waals surface area contributed by atoms with Crippen LogP contribution in [0.15, 0.2) is 27.3 Å². The van der Waals surface area contributed by atoms with Crippen LogP contribution in [0.25, 0.3) is 49.2 Å². The van der Waals surface area contributed by atoms with Gasteiger partial charge in [-0.15, -0.1) is 0 Å². The number of aromatic hydroxyl groups is 1. The molecule has 1 unspecified atom stereocenters. The number of anilines is 2. The lowest BCUT2D eigenvalue weighted by atomic mass is 9.78. The molecule has 0 saturated carbocycles. The topological polar surface area (TPSA) is 145 Å². The second kappa shape index (κ2) is 9.51. The summed E-state index contributed by atoms with van der Waals surface area (Å²) in [5.41, 5.74) is 2.74. The van der Waals surface area contributed by atoms with E-state index in [-0.39, 0.29) is 33.6 Å². The SMILES string of the molecule is CCC1(CC)CNc2c(c3c4c5c(c(OC)c(O)c6c(=O)cc(CO)c(c7c(CO)cc(=O)c2c74)c65)C(C(C)=O)C(C)=C3)N1. The van der Waals surface area contributed by atoms with Crippen LogP contribution in [-0.2, 0) is 18.0 Å². The van der Waals surface area contributed by atoms with Gasteiger partial charge < -0.3 is 30.7 Å². The zero-order valence-electron chi connectivity index (χ0n) is 25.3. The van der Waals surface area contributed by atoms with Gasteiger partial charge in [-0.2, -0.15) is 0 Å². The van der Waals surface area contributed by atoms with Gasteiger partial charge in [-0.3, -0.25) is 14.4 Å². The number of benzene rings is 5. The number of hydrogen-bond acceptors (Lipinski definition) is 9. The number of carbonyl (C=O) groups is 1. The van der Waals surface area contributed by atoms with E-state index in [1.54, 1.807) is 0 Å². The fourth-order valence-corrected chi connectivity index (χ4v) is 7.99. The molecule has 1 aliphatic carbocycles. The lowest BCUT2D eigenvalue weighted by Crippen LogP contribution is -2.47. The molecule has 0 amide bonds. The molecule has 0 fully saturated rings.